The number of halogens is 2. The van der Waals surface area contributed by atoms with Gasteiger partial charge in [-0.3, -0.25) is 34.9 Å². The molecule has 1 aliphatic carbocycles. The van der Waals surface area contributed by atoms with Crippen molar-refractivity contribution in [3.63, 3.8) is 0 Å². The highest BCUT2D eigenvalue weighted by molar-refractivity contribution is 6.29. The highest BCUT2D eigenvalue weighted by Gasteiger charge is 2.19. The normalized spacial score (nSPS) is 11.5. The molecule has 610 valence electrons. The van der Waals surface area contributed by atoms with Gasteiger partial charge in [0.05, 0.1) is 47.3 Å². The number of benzene rings is 5. The molecule has 0 amide bonds. The summed E-state index contributed by atoms with van der Waals surface area (Å²) in [7, 11) is 3.29. The van der Waals surface area contributed by atoms with Crippen molar-refractivity contribution in [1.82, 2.24) is 94.7 Å². The molecular weight excluding hydrogens is 1570 g/mol. The van der Waals surface area contributed by atoms with Gasteiger partial charge in [-0.05, 0) is 220 Å². The van der Waals surface area contributed by atoms with Crippen molar-refractivity contribution in [2.24, 2.45) is 0 Å². The topological polar surface area (TPSA) is 336 Å². The van der Waals surface area contributed by atoms with Crippen molar-refractivity contribution in [2.45, 2.75) is 91.1 Å². The third-order valence-electron chi connectivity index (χ3n) is 18.9. The van der Waals surface area contributed by atoms with Crippen molar-refractivity contribution in [3.05, 3.63) is 308 Å². The van der Waals surface area contributed by atoms with Gasteiger partial charge in [-0.1, -0.05) is 106 Å². The lowest BCUT2D eigenvalue weighted by Gasteiger charge is -2.23. The lowest BCUT2D eigenvalue weighted by atomic mass is 9.95. The number of anilines is 10. The number of pyridine rings is 7. The summed E-state index contributed by atoms with van der Waals surface area (Å²) >= 11 is 11.8. The first-order valence-corrected chi connectivity index (χ1v) is 40.6. The minimum atomic E-state index is 0.182. The molecule has 0 saturated heterocycles. The molecule has 122 heavy (non-hydrogen) atoms. The average molecular weight is 1660 g/mol. The third-order valence-corrected chi connectivity index (χ3v) is 19.3. The van der Waals surface area contributed by atoms with Crippen molar-refractivity contribution >= 4 is 147 Å². The molecule has 13 heterocycles. The maximum Gasteiger partial charge on any atom is 0.225 e. The van der Waals surface area contributed by atoms with Crippen LogP contribution < -0.4 is 41.4 Å². The SMILES string of the molecule is CCCCCc1nc(Nc2ccc(OC)cc2)c2ncccc2n1.COc1ccc(Nc2nc(Cl)nc3cccnc23)cc1.Cc1nc(NCc2ccccc2)c2ncccc2n1.Cc1nc(Nc2ccccc2)c2ncccc2n1.Clc1nc(Nc2ccccc2)c2ncccc2n1.c1cnc2c(NC3CCCCC3)nc(-c3ccncc3)nc2c1. The zero-order valence-corrected chi connectivity index (χ0v) is 69.2. The van der Waals surface area contributed by atoms with Gasteiger partial charge in [0.25, 0.3) is 0 Å². The molecule has 0 unspecified atom stereocenters. The molecule has 0 atom stereocenters. The number of nitrogens with one attached hydrogen (secondary N) is 6. The summed E-state index contributed by atoms with van der Waals surface area (Å²) in [5.74, 6) is 8.97. The average Bonchev–Trinajstić information content (AvgIpc) is 0.800. The van der Waals surface area contributed by atoms with Gasteiger partial charge in [0, 0.05) is 96.9 Å². The Hall–Kier alpha value is -14.8. The number of para-hydroxylation sites is 2. The van der Waals surface area contributed by atoms with E-state index in [0.717, 1.165) is 150 Å². The Morgan fingerprint density at radius 3 is 1.18 bits per heavy atom. The smallest absolute Gasteiger partial charge is 0.225 e. The summed E-state index contributed by atoms with van der Waals surface area (Å²) in [6, 6.07) is 72.3. The fourth-order valence-corrected chi connectivity index (χ4v) is 13.4. The summed E-state index contributed by atoms with van der Waals surface area (Å²) in [6.07, 6.45) is 24.7. The summed E-state index contributed by atoms with van der Waals surface area (Å²) in [5.41, 5.74) is 15.4. The van der Waals surface area contributed by atoms with Gasteiger partial charge in [-0.25, -0.2) is 49.8 Å². The van der Waals surface area contributed by atoms with Crippen LogP contribution in [-0.2, 0) is 13.0 Å². The van der Waals surface area contributed by atoms with E-state index >= 15 is 0 Å². The fourth-order valence-electron chi connectivity index (χ4n) is 13.0. The van der Waals surface area contributed by atoms with Gasteiger partial charge in [0.2, 0.25) is 10.6 Å². The van der Waals surface area contributed by atoms with Crippen LogP contribution in [0.1, 0.15) is 81.3 Å². The van der Waals surface area contributed by atoms with E-state index in [0.29, 0.717) is 40.1 Å². The molecular formula is C93H87Cl2N25O2. The Morgan fingerprint density at radius 1 is 0.344 bits per heavy atom. The van der Waals surface area contributed by atoms with E-state index in [4.69, 9.17) is 42.6 Å². The molecule has 1 saturated carbocycles. The summed E-state index contributed by atoms with van der Waals surface area (Å²) in [5, 5.41) is 20.3. The zero-order chi connectivity index (χ0) is 84.0. The second-order valence-electron chi connectivity index (χ2n) is 27.7. The molecule has 18 aromatic rings. The lowest BCUT2D eigenvalue weighted by molar-refractivity contribution is 0.415. The number of ether oxygens (including phenoxy) is 2. The summed E-state index contributed by atoms with van der Waals surface area (Å²) in [6.45, 7) is 6.69. The minimum absolute atomic E-state index is 0.182. The van der Waals surface area contributed by atoms with Gasteiger partial charge in [0.15, 0.2) is 40.7 Å². The first kappa shape index (κ1) is 83.7. The largest absolute Gasteiger partial charge is 0.497 e. The van der Waals surface area contributed by atoms with Gasteiger partial charge in [-0.2, -0.15) is 9.97 Å². The predicted octanol–water partition coefficient (Wildman–Crippen LogP) is 21.2. The monoisotopic (exact) mass is 1660 g/mol. The number of aromatic nitrogens is 19. The van der Waals surface area contributed by atoms with Crippen LogP contribution >= 0.6 is 23.2 Å². The van der Waals surface area contributed by atoms with Crippen molar-refractivity contribution in [1.29, 1.82) is 0 Å². The lowest BCUT2D eigenvalue weighted by Crippen LogP contribution is -2.23. The van der Waals surface area contributed by atoms with E-state index in [1.165, 1.54) is 50.5 Å². The molecule has 19 rings (SSSR count). The molecule has 29 heteroatoms. The number of fused-ring (bicyclic) bond motifs is 6. The highest BCUT2D eigenvalue weighted by atomic mass is 35.5. The molecule has 6 N–H and O–H groups in total. The number of nitrogens with zero attached hydrogens (tertiary/aromatic N) is 19. The van der Waals surface area contributed by atoms with Crippen LogP contribution in [0.4, 0.5) is 57.7 Å². The maximum atomic E-state index is 5.93. The van der Waals surface area contributed by atoms with Gasteiger partial charge in [0.1, 0.15) is 62.1 Å². The van der Waals surface area contributed by atoms with Crippen LogP contribution in [0.15, 0.2) is 274 Å². The summed E-state index contributed by atoms with van der Waals surface area (Å²) in [4.78, 5) is 83.2. The van der Waals surface area contributed by atoms with Crippen LogP contribution in [0.5, 0.6) is 11.5 Å². The van der Waals surface area contributed by atoms with Crippen LogP contribution in [0, 0.1) is 13.8 Å². The highest BCUT2D eigenvalue weighted by Crippen LogP contribution is 2.32. The van der Waals surface area contributed by atoms with E-state index < -0.39 is 0 Å². The zero-order valence-electron chi connectivity index (χ0n) is 67.7. The van der Waals surface area contributed by atoms with Crippen LogP contribution in [-0.4, -0.2) is 115 Å². The maximum absolute atomic E-state index is 5.93. The fraction of sp³-hybridized carbons (Fsp3) is 0.172. The van der Waals surface area contributed by atoms with Crippen molar-refractivity contribution < 1.29 is 9.47 Å². The van der Waals surface area contributed by atoms with E-state index in [2.05, 4.69) is 136 Å². The van der Waals surface area contributed by atoms with Gasteiger partial charge in [-0.15, -0.1) is 0 Å². The predicted molar refractivity (Wildman–Crippen MR) is 486 cm³/mol. The number of aryl methyl sites for hydroxylation is 3. The Balaban J connectivity index is 0.000000120. The number of rotatable bonds is 20. The first-order valence-electron chi connectivity index (χ1n) is 39.9. The Morgan fingerprint density at radius 2 is 0.730 bits per heavy atom. The van der Waals surface area contributed by atoms with Gasteiger partial charge >= 0.3 is 0 Å². The van der Waals surface area contributed by atoms with E-state index in [-0.39, 0.29) is 10.6 Å². The van der Waals surface area contributed by atoms with Crippen LogP contribution in [0.3, 0.4) is 0 Å². The molecule has 1 fully saturated rings. The minimum Gasteiger partial charge on any atom is -0.497 e. The molecule has 0 spiro atoms. The molecule has 13 aromatic heterocycles. The van der Waals surface area contributed by atoms with Crippen LogP contribution in [0.25, 0.3) is 77.6 Å². The van der Waals surface area contributed by atoms with Crippen LogP contribution in [0.2, 0.25) is 10.6 Å². The molecule has 5 aromatic carbocycles. The Bertz CT molecular complexity index is 6300. The van der Waals surface area contributed by atoms with E-state index in [1.54, 1.807) is 63.8 Å². The molecule has 27 nitrogen and oxygen atoms in total. The number of unbranched alkanes of at least 4 members (excludes halogenated alkanes) is 2. The molecule has 0 radical (unpaired) electrons. The second-order valence-corrected chi connectivity index (χ2v) is 28.4. The summed E-state index contributed by atoms with van der Waals surface area (Å²) < 4.78 is 10.3. The first-order chi connectivity index (χ1) is 59.9. The molecule has 0 bridgehead atoms. The quantitative estimate of drug-likeness (QED) is 0.0305. The molecule has 0 aliphatic heterocycles. The third kappa shape index (κ3) is 23.3. The van der Waals surface area contributed by atoms with E-state index in [1.807, 2.05) is 226 Å². The van der Waals surface area contributed by atoms with E-state index in [9.17, 15) is 0 Å². The molecule has 1 aliphatic rings. The standard InChI is InChI=1S/C19H22N4O.C18H19N5.C15H14N4.C14H11ClN4O.C14H12N4.C13H9ClN4/c1-3-4-5-8-17-22-16-7-6-13-20-18(16)19(23-17)21-14-9-11-15(24-2)12-10-14;1-2-5-14(6-3-1)21-18-16-15(7-4-10-20-16)22-17(23-18)13-8-11-19-12-9-13;1-11-18-13-8-5-9-16-14(13)15(19-11)17-10-12-6-3-2-4-7-12;1-20-10-6-4-9(5-7-10)17-13-12-11(3-2-8-16-12)18-14(15)19-13;1-10-16-12-8-5-9-15-13(12)14(17-10)18-11-6-3-2-4-7-11;14-13-17-10-7-4-8-15-11(10)12(18-13)16-9-5-2-1-3-6-9/h6-7,9-13H,3-5,8H2,1-2H3,(H,21,22,23);4,7-12,14H,1-3,5-6H2,(H,21,22,23);2-9H,10H2,1H3,(H,17,18,19);2-8H,1H3,(H,17,18,19);2-9H,1H3,(H,16,17,18);1-8H,(H,16,17,18). The van der Waals surface area contributed by atoms with Crippen molar-refractivity contribution in [2.75, 3.05) is 46.1 Å². The second kappa shape index (κ2) is 42.5. The Kier molecular flexibility index (Phi) is 29.2. The Labute approximate surface area is 714 Å². The van der Waals surface area contributed by atoms with Crippen molar-refractivity contribution in [3.8, 4) is 22.9 Å². The number of methoxy groups -OCH3 is 2. The number of hydrogen-bond acceptors (Lipinski definition) is 27. The number of hydrogen-bond donors (Lipinski definition) is 6. The van der Waals surface area contributed by atoms with Gasteiger partial charge < -0.3 is 41.4 Å².